The fourth-order valence-electron chi connectivity index (χ4n) is 2.05. The molecule has 0 atom stereocenters. The van der Waals surface area contributed by atoms with Crippen LogP contribution in [0, 0.1) is 0 Å². The first-order valence-electron chi connectivity index (χ1n) is 7.12. The van der Waals surface area contributed by atoms with Gasteiger partial charge in [-0.2, -0.15) is 18.2 Å². The van der Waals surface area contributed by atoms with E-state index >= 15 is 0 Å². The molecule has 25 heavy (non-hydrogen) atoms. The predicted molar refractivity (Wildman–Crippen MR) is 84.5 cm³/mol. The Morgan fingerprint density at radius 1 is 1.12 bits per heavy atom. The summed E-state index contributed by atoms with van der Waals surface area (Å²) >= 11 is 0. The van der Waals surface area contributed by atoms with E-state index in [1.165, 1.54) is 18.2 Å². The highest BCUT2D eigenvalue weighted by atomic mass is 19.4. The number of hydrogen-bond acceptors (Lipinski definition) is 4. The number of nitrogens with zero attached hydrogens (tertiary/aromatic N) is 1. The lowest BCUT2D eigenvalue weighted by atomic mass is 10.0. The van der Waals surface area contributed by atoms with Crippen LogP contribution in [0.15, 0.2) is 53.5 Å². The van der Waals surface area contributed by atoms with Crippen molar-refractivity contribution < 1.29 is 27.5 Å². The van der Waals surface area contributed by atoms with Gasteiger partial charge in [0.25, 0.3) is 0 Å². The minimum Gasteiger partial charge on any atom is -0.440 e. The maximum absolute atomic E-state index is 12.0. The number of alkyl halides is 3. The Kier molecular flexibility index (Phi) is 5.92. The van der Waals surface area contributed by atoms with Crippen LogP contribution in [-0.2, 0) is 16.0 Å². The van der Waals surface area contributed by atoms with E-state index in [1.807, 2.05) is 12.1 Å². The molecule has 0 saturated heterocycles. The van der Waals surface area contributed by atoms with Gasteiger partial charge in [-0.1, -0.05) is 30.3 Å². The van der Waals surface area contributed by atoms with Crippen molar-refractivity contribution in [1.29, 1.82) is 0 Å². The maximum atomic E-state index is 12.0. The van der Waals surface area contributed by atoms with Gasteiger partial charge in [-0.3, -0.25) is 5.32 Å². The maximum Gasteiger partial charge on any atom is 0.422 e. The molecule has 0 unspecified atom stereocenters. The molecule has 0 radical (unpaired) electrons. The summed E-state index contributed by atoms with van der Waals surface area (Å²) in [5.74, 6) is 0. The number of para-hydroxylation sites is 1. The van der Waals surface area contributed by atoms with Crippen molar-refractivity contribution >= 4 is 23.5 Å². The summed E-state index contributed by atoms with van der Waals surface area (Å²) in [5, 5.41) is 2.21. The van der Waals surface area contributed by atoms with Crippen molar-refractivity contribution in [2.75, 3.05) is 11.9 Å². The van der Waals surface area contributed by atoms with E-state index in [0.29, 0.717) is 17.8 Å². The van der Waals surface area contributed by atoms with Crippen LogP contribution in [0.25, 0.3) is 0 Å². The summed E-state index contributed by atoms with van der Waals surface area (Å²) in [6, 6.07) is 13.5. The van der Waals surface area contributed by atoms with E-state index in [0.717, 1.165) is 11.1 Å². The fraction of sp³-hybridized carbons (Fsp3) is 0.176. The van der Waals surface area contributed by atoms with Crippen LogP contribution < -0.4 is 5.32 Å². The SMILES string of the molecule is O=C=Nc1ccccc1Cc1ccc(NC(=O)OCC(F)(F)F)cc1. The number of amides is 1. The molecule has 0 aliphatic carbocycles. The van der Waals surface area contributed by atoms with Gasteiger partial charge in [0.1, 0.15) is 0 Å². The number of carbonyl (C=O) groups excluding carboxylic acids is 2. The van der Waals surface area contributed by atoms with Gasteiger partial charge in [0.15, 0.2) is 6.61 Å². The zero-order valence-electron chi connectivity index (χ0n) is 12.8. The number of carbonyl (C=O) groups is 1. The Hall–Kier alpha value is -3.12. The summed E-state index contributed by atoms with van der Waals surface area (Å²) in [6.45, 7) is -1.65. The van der Waals surface area contributed by atoms with Crippen LogP contribution in [0.1, 0.15) is 11.1 Å². The lowest BCUT2D eigenvalue weighted by Gasteiger charge is -2.10. The lowest BCUT2D eigenvalue weighted by molar-refractivity contribution is -0.159. The number of hydrogen-bond donors (Lipinski definition) is 1. The molecule has 0 saturated carbocycles. The second-order valence-corrected chi connectivity index (χ2v) is 5.02. The smallest absolute Gasteiger partial charge is 0.422 e. The number of nitrogens with one attached hydrogen (secondary N) is 1. The van der Waals surface area contributed by atoms with Gasteiger partial charge < -0.3 is 4.74 Å². The molecule has 0 aliphatic heterocycles. The molecule has 0 heterocycles. The molecule has 2 aromatic rings. The first-order chi connectivity index (χ1) is 11.9. The standard InChI is InChI=1S/C17H13F3N2O3/c18-17(19,20)10-25-16(24)22-14-7-5-12(6-8-14)9-13-3-1-2-4-15(13)21-11-23/h1-8H,9-10H2,(H,22,24). The van der Waals surface area contributed by atoms with E-state index < -0.39 is 18.9 Å². The van der Waals surface area contributed by atoms with E-state index in [4.69, 9.17) is 0 Å². The van der Waals surface area contributed by atoms with Gasteiger partial charge in [-0.15, -0.1) is 0 Å². The number of halogens is 3. The molecule has 1 amide bonds. The van der Waals surface area contributed by atoms with Crippen molar-refractivity contribution in [3.05, 3.63) is 59.7 Å². The first kappa shape index (κ1) is 18.2. The third-order valence-corrected chi connectivity index (χ3v) is 3.12. The third kappa shape index (κ3) is 6.12. The normalized spacial score (nSPS) is 10.7. The predicted octanol–water partition coefficient (Wildman–Crippen LogP) is 4.36. The minimum absolute atomic E-state index is 0.301. The van der Waals surface area contributed by atoms with Crippen LogP contribution in [-0.4, -0.2) is 25.0 Å². The minimum atomic E-state index is -4.57. The van der Waals surface area contributed by atoms with E-state index in [2.05, 4.69) is 15.0 Å². The summed E-state index contributed by atoms with van der Waals surface area (Å²) in [7, 11) is 0. The molecule has 0 aromatic heterocycles. The van der Waals surface area contributed by atoms with Gasteiger partial charge in [-0.05, 0) is 35.7 Å². The summed E-state index contributed by atoms with van der Waals surface area (Å²) in [4.78, 5) is 25.3. The largest absolute Gasteiger partial charge is 0.440 e. The zero-order valence-corrected chi connectivity index (χ0v) is 12.8. The Bertz CT molecular complexity index is 782. The number of rotatable bonds is 5. The number of aliphatic imine (C=N–C) groups is 1. The molecule has 1 N–H and O–H groups in total. The molecule has 8 heteroatoms. The quantitative estimate of drug-likeness (QED) is 0.644. The van der Waals surface area contributed by atoms with Crippen molar-refractivity contribution in [1.82, 2.24) is 0 Å². The monoisotopic (exact) mass is 350 g/mol. The molecule has 0 bridgehead atoms. The molecule has 0 fully saturated rings. The Morgan fingerprint density at radius 3 is 2.44 bits per heavy atom. The van der Waals surface area contributed by atoms with Gasteiger partial charge in [0, 0.05) is 5.69 Å². The lowest BCUT2D eigenvalue weighted by Crippen LogP contribution is -2.23. The Balaban J connectivity index is 1.98. The average molecular weight is 350 g/mol. The first-order valence-corrected chi connectivity index (χ1v) is 7.12. The van der Waals surface area contributed by atoms with Crippen LogP contribution in [0.4, 0.5) is 29.3 Å². The highest BCUT2D eigenvalue weighted by Gasteiger charge is 2.29. The Labute approximate surface area is 141 Å². The zero-order chi connectivity index (χ0) is 18.3. The second kappa shape index (κ2) is 8.12. The van der Waals surface area contributed by atoms with Gasteiger partial charge >= 0.3 is 12.3 Å². The number of anilines is 1. The Morgan fingerprint density at radius 2 is 1.80 bits per heavy atom. The molecular weight excluding hydrogens is 337 g/mol. The topological polar surface area (TPSA) is 67.8 Å². The van der Waals surface area contributed by atoms with Crippen molar-refractivity contribution in [2.45, 2.75) is 12.6 Å². The number of benzene rings is 2. The second-order valence-electron chi connectivity index (χ2n) is 5.02. The van der Waals surface area contributed by atoms with Crippen LogP contribution in [0.5, 0.6) is 0 Å². The van der Waals surface area contributed by atoms with E-state index in [1.54, 1.807) is 24.3 Å². The molecule has 2 aromatic carbocycles. The molecule has 0 spiro atoms. The van der Waals surface area contributed by atoms with Gasteiger partial charge in [0.2, 0.25) is 6.08 Å². The molecular formula is C17H13F3N2O3. The van der Waals surface area contributed by atoms with Crippen LogP contribution >= 0.6 is 0 Å². The summed E-state index contributed by atoms with van der Waals surface area (Å²) in [6.07, 6.45) is -3.77. The number of isocyanates is 1. The van der Waals surface area contributed by atoms with Crippen molar-refractivity contribution in [3.8, 4) is 0 Å². The number of ether oxygens (including phenoxy) is 1. The summed E-state index contributed by atoms with van der Waals surface area (Å²) < 4.78 is 40.0. The molecule has 0 aliphatic rings. The fourth-order valence-corrected chi connectivity index (χ4v) is 2.05. The highest BCUT2D eigenvalue weighted by Crippen LogP contribution is 2.22. The van der Waals surface area contributed by atoms with Crippen molar-refractivity contribution in [2.24, 2.45) is 4.99 Å². The molecule has 5 nitrogen and oxygen atoms in total. The van der Waals surface area contributed by atoms with E-state index in [-0.39, 0.29) is 0 Å². The van der Waals surface area contributed by atoms with E-state index in [9.17, 15) is 22.8 Å². The van der Waals surface area contributed by atoms with Crippen molar-refractivity contribution in [3.63, 3.8) is 0 Å². The average Bonchev–Trinajstić information content (AvgIpc) is 2.56. The van der Waals surface area contributed by atoms with Crippen LogP contribution in [0.2, 0.25) is 0 Å². The third-order valence-electron chi connectivity index (χ3n) is 3.12. The van der Waals surface area contributed by atoms with Gasteiger partial charge in [0.05, 0.1) is 5.69 Å². The molecule has 2 rings (SSSR count). The highest BCUT2D eigenvalue weighted by molar-refractivity contribution is 5.84. The van der Waals surface area contributed by atoms with Crippen LogP contribution in [0.3, 0.4) is 0 Å². The molecule has 130 valence electrons. The van der Waals surface area contributed by atoms with Gasteiger partial charge in [-0.25, -0.2) is 9.59 Å². The summed E-state index contributed by atoms with van der Waals surface area (Å²) in [5.41, 5.74) is 2.49.